The van der Waals surface area contributed by atoms with Gasteiger partial charge in [0.2, 0.25) is 19.9 Å². The van der Waals surface area contributed by atoms with Crippen LogP contribution in [0.3, 0.4) is 0 Å². The molecular formula is C14H11NO4S3. The van der Waals surface area contributed by atoms with Crippen molar-refractivity contribution in [2.75, 3.05) is 0 Å². The summed E-state index contributed by atoms with van der Waals surface area (Å²) in [5.41, 5.74) is 0. The fraction of sp³-hybridized carbons (Fsp3) is 0. The number of rotatable bonds is 3. The van der Waals surface area contributed by atoms with Gasteiger partial charge in [0.1, 0.15) is 8.42 Å². The van der Waals surface area contributed by atoms with E-state index in [-0.39, 0.29) is 13.3 Å². The third kappa shape index (κ3) is 2.66. The lowest BCUT2D eigenvalue weighted by molar-refractivity contribution is 0.597. The highest BCUT2D eigenvalue weighted by Gasteiger charge is 2.22. The number of thiophene rings is 1. The summed E-state index contributed by atoms with van der Waals surface area (Å²) in [6.45, 7) is 0. The van der Waals surface area contributed by atoms with Gasteiger partial charge in [0.15, 0.2) is 0 Å². The second-order valence-electron chi connectivity index (χ2n) is 4.63. The standard InChI is InChI=1S/C14H11NO4S3/c15-22(18,19)14-8-7-13(20-14)21(16,17)12-6-5-10-3-1-2-4-11(10)9-12/h1-9H,(H2,15,18,19). The van der Waals surface area contributed by atoms with Gasteiger partial charge in [-0.1, -0.05) is 30.3 Å². The maximum atomic E-state index is 12.6. The predicted octanol–water partition coefficient (Wildman–Crippen LogP) is 2.38. The van der Waals surface area contributed by atoms with Crippen molar-refractivity contribution < 1.29 is 16.8 Å². The molecule has 0 amide bonds. The van der Waals surface area contributed by atoms with Crippen LogP contribution in [-0.4, -0.2) is 16.8 Å². The van der Waals surface area contributed by atoms with Crippen LogP contribution in [-0.2, 0) is 19.9 Å². The Balaban J connectivity index is 2.13. The SMILES string of the molecule is NS(=O)(=O)c1ccc(S(=O)(=O)c2ccc3ccccc3c2)s1. The molecule has 0 radical (unpaired) electrons. The number of benzene rings is 2. The fourth-order valence-corrected chi connectivity index (χ4v) is 5.68. The van der Waals surface area contributed by atoms with Crippen LogP contribution in [0.1, 0.15) is 0 Å². The molecular weight excluding hydrogens is 342 g/mol. The van der Waals surface area contributed by atoms with Gasteiger partial charge in [-0.3, -0.25) is 0 Å². The Morgan fingerprint density at radius 2 is 1.41 bits per heavy atom. The van der Waals surface area contributed by atoms with E-state index in [1.165, 1.54) is 18.2 Å². The quantitative estimate of drug-likeness (QED) is 0.782. The summed E-state index contributed by atoms with van der Waals surface area (Å²) >= 11 is 0.646. The molecule has 0 aliphatic carbocycles. The third-order valence-corrected chi connectivity index (χ3v) is 7.90. The van der Waals surface area contributed by atoms with Crippen LogP contribution in [0.2, 0.25) is 0 Å². The molecule has 1 aromatic heterocycles. The topological polar surface area (TPSA) is 94.3 Å². The van der Waals surface area contributed by atoms with Crippen molar-refractivity contribution in [2.45, 2.75) is 13.3 Å². The molecule has 0 unspecified atom stereocenters. The van der Waals surface area contributed by atoms with Gasteiger partial charge >= 0.3 is 0 Å². The second-order valence-corrected chi connectivity index (χ2v) is 9.68. The van der Waals surface area contributed by atoms with Gasteiger partial charge in [0, 0.05) is 0 Å². The number of sulfone groups is 1. The largest absolute Gasteiger partial charge is 0.247 e. The molecule has 2 N–H and O–H groups in total. The molecule has 0 bridgehead atoms. The fourth-order valence-electron chi connectivity index (χ4n) is 2.05. The number of primary sulfonamides is 1. The summed E-state index contributed by atoms with van der Waals surface area (Å²) < 4.78 is 47.5. The van der Waals surface area contributed by atoms with Crippen molar-refractivity contribution in [3.8, 4) is 0 Å². The molecule has 0 aliphatic rings. The van der Waals surface area contributed by atoms with Crippen LogP contribution in [0.25, 0.3) is 10.8 Å². The summed E-state index contributed by atoms with van der Waals surface area (Å²) in [5, 5.41) is 6.74. The lowest BCUT2D eigenvalue weighted by atomic mass is 10.1. The predicted molar refractivity (Wildman–Crippen MR) is 85.1 cm³/mol. The highest BCUT2D eigenvalue weighted by atomic mass is 32.3. The van der Waals surface area contributed by atoms with E-state index in [4.69, 9.17) is 5.14 Å². The highest BCUT2D eigenvalue weighted by Crippen LogP contribution is 2.31. The lowest BCUT2D eigenvalue weighted by Gasteiger charge is -2.04. The van der Waals surface area contributed by atoms with Crippen LogP contribution in [0, 0.1) is 0 Å². The van der Waals surface area contributed by atoms with Crippen LogP contribution < -0.4 is 5.14 Å². The monoisotopic (exact) mass is 353 g/mol. The molecule has 0 spiro atoms. The second kappa shape index (κ2) is 5.17. The minimum Gasteiger partial charge on any atom is -0.224 e. The van der Waals surface area contributed by atoms with E-state index in [0.29, 0.717) is 11.3 Å². The van der Waals surface area contributed by atoms with Crippen molar-refractivity contribution in [1.82, 2.24) is 0 Å². The van der Waals surface area contributed by atoms with Gasteiger partial charge in [-0.05, 0) is 35.0 Å². The minimum atomic E-state index is -3.91. The van der Waals surface area contributed by atoms with Crippen molar-refractivity contribution in [3.05, 3.63) is 54.6 Å². The van der Waals surface area contributed by atoms with Crippen LogP contribution in [0.4, 0.5) is 0 Å². The molecule has 22 heavy (non-hydrogen) atoms. The number of fused-ring (bicyclic) bond motifs is 1. The molecule has 0 saturated carbocycles. The van der Waals surface area contributed by atoms with Crippen LogP contribution in [0.5, 0.6) is 0 Å². The van der Waals surface area contributed by atoms with Crippen LogP contribution >= 0.6 is 11.3 Å². The highest BCUT2D eigenvalue weighted by molar-refractivity contribution is 7.95. The maximum absolute atomic E-state index is 12.6. The number of nitrogens with two attached hydrogens (primary N) is 1. The molecule has 2 aromatic carbocycles. The minimum absolute atomic E-state index is 0.0493. The number of hydrogen-bond donors (Lipinski definition) is 1. The van der Waals surface area contributed by atoms with Crippen molar-refractivity contribution in [3.63, 3.8) is 0 Å². The molecule has 5 nitrogen and oxygen atoms in total. The molecule has 114 valence electrons. The third-order valence-electron chi connectivity index (χ3n) is 3.13. The van der Waals surface area contributed by atoms with E-state index in [9.17, 15) is 16.8 Å². The zero-order valence-corrected chi connectivity index (χ0v) is 13.6. The number of sulfonamides is 1. The molecule has 0 fully saturated rings. The van der Waals surface area contributed by atoms with Gasteiger partial charge in [-0.15, -0.1) is 11.3 Å². The van der Waals surface area contributed by atoms with Gasteiger partial charge in [-0.2, -0.15) is 0 Å². The molecule has 0 aliphatic heterocycles. The average Bonchev–Trinajstić information content (AvgIpc) is 2.97. The first-order valence-electron chi connectivity index (χ1n) is 6.15. The van der Waals surface area contributed by atoms with Crippen molar-refractivity contribution in [1.29, 1.82) is 0 Å². The van der Waals surface area contributed by atoms with Gasteiger partial charge in [-0.25, -0.2) is 22.0 Å². The zero-order valence-electron chi connectivity index (χ0n) is 11.1. The first kappa shape index (κ1) is 15.2. The Hall–Kier alpha value is -1.74. The van der Waals surface area contributed by atoms with Crippen LogP contribution in [0.15, 0.2) is 67.9 Å². The van der Waals surface area contributed by atoms with E-state index >= 15 is 0 Å². The van der Waals surface area contributed by atoms with E-state index in [1.54, 1.807) is 12.1 Å². The lowest BCUT2D eigenvalue weighted by Crippen LogP contribution is -2.09. The van der Waals surface area contributed by atoms with Gasteiger partial charge in [0.05, 0.1) is 4.90 Å². The molecule has 1 heterocycles. The average molecular weight is 353 g/mol. The molecule has 8 heteroatoms. The van der Waals surface area contributed by atoms with E-state index in [2.05, 4.69) is 0 Å². The van der Waals surface area contributed by atoms with Crippen molar-refractivity contribution in [2.24, 2.45) is 5.14 Å². The summed E-state index contributed by atoms with van der Waals surface area (Å²) in [4.78, 5) is 0.119. The maximum Gasteiger partial charge on any atom is 0.247 e. The first-order chi connectivity index (χ1) is 10.3. The Labute approximate surface area is 132 Å². The smallest absolute Gasteiger partial charge is 0.224 e. The van der Waals surface area contributed by atoms with E-state index in [0.717, 1.165) is 10.8 Å². The summed E-state index contributed by atoms with van der Waals surface area (Å²) in [5.74, 6) is 0. The van der Waals surface area contributed by atoms with E-state index in [1.807, 2.05) is 24.3 Å². The Bertz CT molecular complexity index is 1070. The normalized spacial score (nSPS) is 12.6. The summed E-state index contributed by atoms with van der Waals surface area (Å²) in [6.07, 6.45) is 0. The van der Waals surface area contributed by atoms with Crippen molar-refractivity contribution >= 4 is 42.0 Å². The van der Waals surface area contributed by atoms with Gasteiger partial charge < -0.3 is 0 Å². The molecule has 0 saturated heterocycles. The summed E-state index contributed by atoms with van der Waals surface area (Å²) in [7, 11) is -7.68. The molecule has 0 atom stereocenters. The molecule has 3 rings (SSSR count). The molecule has 3 aromatic rings. The zero-order chi connectivity index (χ0) is 16.0. The first-order valence-corrected chi connectivity index (χ1v) is 10.00. The Morgan fingerprint density at radius 3 is 2.05 bits per heavy atom. The van der Waals surface area contributed by atoms with E-state index < -0.39 is 19.9 Å². The van der Waals surface area contributed by atoms with Gasteiger partial charge in [0.25, 0.3) is 0 Å². The Morgan fingerprint density at radius 1 is 0.773 bits per heavy atom. The Kier molecular flexibility index (Phi) is 3.56. The number of hydrogen-bond acceptors (Lipinski definition) is 5. The summed E-state index contributed by atoms with van der Waals surface area (Å²) in [6, 6.07) is 14.7.